The molecule has 0 spiro atoms. The molecule has 17 heavy (non-hydrogen) atoms. The minimum absolute atomic E-state index is 0.371. The molecular formula is C12H10F2N2O. The van der Waals surface area contributed by atoms with Crippen molar-refractivity contribution < 1.29 is 13.7 Å². The van der Waals surface area contributed by atoms with Gasteiger partial charge in [0, 0.05) is 0 Å². The standard InChI is InChI=1S/C12H10F2N2O/c13-9-3-1-5-11(7-9)15-17-16-12-6-2-4-10(14)8-12/h1-8,15-16H. The van der Waals surface area contributed by atoms with Gasteiger partial charge in [0.1, 0.15) is 11.6 Å². The maximum atomic E-state index is 12.8. The van der Waals surface area contributed by atoms with Crippen molar-refractivity contribution in [2.75, 3.05) is 11.0 Å². The first-order valence-corrected chi connectivity index (χ1v) is 4.93. The first-order chi connectivity index (χ1) is 8.24. The summed E-state index contributed by atoms with van der Waals surface area (Å²) in [6.45, 7) is 0. The zero-order valence-corrected chi connectivity index (χ0v) is 8.78. The number of benzene rings is 2. The molecule has 0 aliphatic carbocycles. The van der Waals surface area contributed by atoms with Crippen molar-refractivity contribution in [1.82, 2.24) is 0 Å². The summed E-state index contributed by atoms with van der Waals surface area (Å²) < 4.78 is 25.6. The van der Waals surface area contributed by atoms with Gasteiger partial charge in [-0.25, -0.2) is 19.7 Å². The monoisotopic (exact) mass is 236 g/mol. The average Bonchev–Trinajstić information content (AvgIpc) is 2.29. The summed E-state index contributed by atoms with van der Waals surface area (Å²) in [4.78, 5) is 4.88. The number of rotatable bonds is 4. The topological polar surface area (TPSA) is 33.3 Å². The summed E-state index contributed by atoms with van der Waals surface area (Å²) in [5, 5.41) is 0. The molecule has 2 aromatic carbocycles. The van der Waals surface area contributed by atoms with Crippen LogP contribution in [0.5, 0.6) is 0 Å². The third-order valence-corrected chi connectivity index (χ3v) is 1.99. The number of anilines is 2. The Hall–Kier alpha value is -2.14. The zero-order valence-electron chi connectivity index (χ0n) is 8.78. The number of halogens is 2. The van der Waals surface area contributed by atoms with Crippen LogP contribution in [-0.2, 0) is 4.94 Å². The van der Waals surface area contributed by atoms with E-state index in [1.165, 1.54) is 24.3 Å². The molecule has 0 radical (unpaired) electrons. The van der Waals surface area contributed by atoms with E-state index < -0.39 is 0 Å². The molecule has 3 nitrogen and oxygen atoms in total. The Labute approximate surface area is 96.9 Å². The molecule has 0 unspecified atom stereocenters. The third-order valence-electron chi connectivity index (χ3n) is 1.99. The van der Waals surface area contributed by atoms with Gasteiger partial charge < -0.3 is 0 Å². The molecule has 0 saturated heterocycles. The summed E-state index contributed by atoms with van der Waals surface area (Å²) in [5.41, 5.74) is 5.87. The van der Waals surface area contributed by atoms with Gasteiger partial charge in [0.2, 0.25) is 0 Å². The molecule has 0 fully saturated rings. The molecule has 2 aromatic rings. The van der Waals surface area contributed by atoms with Crippen molar-refractivity contribution in [3.63, 3.8) is 0 Å². The van der Waals surface area contributed by atoms with Gasteiger partial charge in [-0.3, -0.25) is 0 Å². The SMILES string of the molecule is Fc1cccc(NONc2cccc(F)c2)c1. The largest absolute Gasteiger partial charge is 0.242 e. The molecule has 88 valence electrons. The van der Waals surface area contributed by atoms with Gasteiger partial charge in [-0.2, -0.15) is 4.94 Å². The Morgan fingerprint density at radius 1 is 0.765 bits per heavy atom. The van der Waals surface area contributed by atoms with Crippen LogP contribution >= 0.6 is 0 Å². The lowest BCUT2D eigenvalue weighted by molar-refractivity contribution is 0.264. The molecule has 2 N–H and O–H groups in total. The van der Waals surface area contributed by atoms with Crippen molar-refractivity contribution in [1.29, 1.82) is 0 Å². The molecule has 0 atom stereocenters. The molecule has 0 bridgehead atoms. The molecule has 2 rings (SSSR count). The number of hydrogen-bond donors (Lipinski definition) is 2. The van der Waals surface area contributed by atoms with Gasteiger partial charge >= 0.3 is 0 Å². The van der Waals surface area contributed by atoms with Crippen LogP contribution < -0.4 is 11.0 Å². The summed E-state index contributed by atoms with van der Waals surface area (Å²) in [7, 11) is 0. The van der Waals surface area contributed by atoms with Crippen LogP contribution in [0.15, 0.2) is 48.5 Å². The highest BCUT2D eigenvalue weighted by molar-refractivity contribution is 5.43. The summed E-state index contributed by atoms with van der Waals surface area (Å²) >= 11 is 0. The molecule has 0 saturated carbocycles. The minimum Gasteiger partial charge on any atom is -0.242 e. The normalized spacial score (nSPS) is 10.0. The van der Waals surface area contributed by atoms with Crippen molar-refractivity contribution in [3.05, 3.63) is 60.2 Å². The van der Waals surface area contributed by atoms with E-state index in [0.29, 0.717) is 11.4 Å². The van der Waals surface area contributed by atoms with Gasteiger partial charge in [-0.15, -0.1) is 0 Å². The van der Waals surface area contributed by atoms with Crippen molar-refractivity contribution in [2.45, 2.75) is 0 Å². The Morgan fingerprint density at radius 3 is 1.65 bits per heavy atom. The maximum Gasteiger partial charge on any atom is 0.125 e. The molecular weight excluding hydrogens is 226 g/mol. The lowest BCUT2D eigenvalue weighted by Gasteiger charge is -2.08. The van der Waals surface area contributed by atoms with Gasteiger partial charge in [0.05, 0.1) is 11.4 Å². The molecule has 0 aromatic heterocycles. The van der Waals surface area contributed by atoms with Crippen LogP contribution in [0.4, 0.5) is 20.2 Å². The van der Waals surface area contributed by atoms with Crippen LogP contribution in [0.1, 0.15) is 0 Å². The van der Waals surface area contributed by atoms with Crippen LogP contribution in [0.2, 0.25) is 0 Å². The highest BCUT2D eigenvalue weighted by Crippen LogP contribution is 2.11. The second kappa shape index (κ2) is 5.27. The van der Waals surface area contributed by atoms with Crippen LogP contribution in [0.3, 0.4) is 0 Å². The average molecular weight is 236 g/mol. The van der Waals surface area contributed by atoms with Gasteiger partial charge in [-0.1, -0.05) is 12.1 Å². The van der Waals surface area contributed by atoms with Gasteiger partial charge in [0.25, 0.3) is 0 Å². The Morgan fingerprint density at radius 2 is 1.24 bits per heavy atom. The second-order valence-corrected chi connectivity index (χ2v) is 3.33. The van der Waals surface area contributed by atoms with Crippen molar-refractivity contribution in [3.8, 4) is 0 Å². The number of hydrogen-bond acceptors (Lipinski definition) is 3. The van der Waals surface area contributed by atoms with Crippen molar-refractivity contribution >= 4 is 11.4 Å². The fourth-order valence-electron chi connectivity index (χ4n) is 1.25. The van der Waals surface area contributed by atoms with E-state index in [1.807, 2.05) is 0 Å². The Balaban J connectivity index is 1.87. The van der Waals surface area contributed by atoms with E-state index in [-0.39, 0.29) is 11.6 Å². The van der Waals surface area contributed by atoms with E-state index in [9.17, 15) is 8.78 Å². The summed E-state index contributed by atoms with van der Waals surface area (Å²) in [6.07, 6.45) is 0. The molecule has 0 amide bonds. The summed E-state index contributed by atoms with van der Waals surface area (Å²) in [5.74, 6) is -0.742. The van der Waals surface area contributed by atoms with Gasteiger partial charge in [0.15, 0.2) is 0 Å². The fraction of sp³-hybridized carbons (Fsp3) is 0. The lowest BCUT2D eigenvalue weighted by atomic mass is 10.3. The van der Waals surface area contributed by atoms with E-state index >= 15 is 0 Å². The smallest absolute Gasteiger partial charge is 0.125 e. The molecule has 0 heterocycles. The van der Waals surface area contributed by atoms with Crippen LogP contribution in [0.25, 0.3) is 0 Å². The van der Waals surface area contributed by atoms with Gasteiger partial charge in [-0.05, 0) is 36.4 Å². The van der Waals surface area contributed by atoms with Crippen LogP contribution in [0, 0.1) is 11.6 Å². The van der Waals surface area contributed by atoms with E-state index in [2.05, 4.69) is 11.0 Å². The third kappa shape index (κ3) is 3.42. The Kier molecular flexibility index (Phi) is 3.52. The minimum atomic E-state index is -0.371. The predicted molar refractivity (Wildman–Crippen MR) is 61.1 cm³/mol. The highest BCUT2D eigenvalue weighted by atomic mass is 19.1. The first kappa shape index (κ1) is 11.3. The second-order valence-electron chi connectivity index (χ2n) is 3.33. The predicted octanol–water partition coefficient (Wildman–Crippen LogP) is 3.34. The van der Waals surface area contributed by atoms with E-state index in [1.54, 1.807) is 24.3 Å². The zero-order chi connectivity index (χ0) is 12.1. The first-order valence-electron chi connectivity index (χ1n) is 4.93. The highest BCUT2D eigenvalue weighted by Gasteiger charge is 1.96. The van der Waals surface area contributed by atoms with E-state index in [4.69, 9.17) is 4.94 Å². The summed E-state index contributed by atoms with van der Waals surface area (Å²) in [6, 6.07) is 11.6. The van der Waals surface area contributed by atoms with Crippen molar-refractivity contribution in [2.24, 2.45) is 0 Å². The lowest BCUT2D eigenvalue weighted by Crippen LogP contribution is -2.08. The fourth-order valence-corrected chi connectivity index (χ4v) is 1.25. The van der Waals surface area contributed by atoms with Crippen LogP contribution in [-0.4, -0.2) is 0 Å². The Bertz CT molecular complexity index is 460. The maximum absolute atomic E-state index is 12.8. The number of nitrogens with one attached hydrogen (secondary N) is 2. The molecule has 0 aliphatic rings. The quantitative estimate of drug-likeness (QED) is 0.799. The molecule has 5 heteroatoms. The van der Waals surface area contributed by atoms with E-state index in [0.717, 1.165) is 0 Å². The molecule has 0 aliphatic heterocycles.